The van der Waals surface area contributed by atoms with Crippen molar-refractivity contribution in [2.24, 2.45) is 0 Å². The van der Waals surface area contributed by atoms with Crippen LogP contribution in [0.3, 0.4) is 0 Å². The lowest BCUT2D eigenvalue weighted by Gasteiger charge is -2.09. The molecule has 0 aliphatic rings. The number of carbonyl (C=O) groups is 1. The highest BCUT2D eigenvalue weighted by atomic mass is 16.4. The van der Waals surface area contributed by atoms with Crippen LogP contribution in [0.5, 0.6) is 0 Å². The molecule has 3 rings (SSSR count). The summed E-state index contributed by atoms with van der Waals surface area (Å²) in [6.07, 6.45) is 2.38. The molecule has 0 spiro atoms. The molecule has 0 aliphatic carbocycles. The molecule has 0 radical (unpaired) electrons. The van der Waals surface area contributed by atoms with E-state index in [0.717, 1.165) is 16.7 Å². The van der Waals surface area contributed by atoms with E-state index in [2.05, 4.69) is 10.3 Å². The van der Waals surface area contributed by atoms with Gasteiger partial charge in [0.1, 0.15) is 0 Å². The molecule has 2 aromatic carbocycles. The number of aryl methyl sites for hydroxylation is 2. The molecule has 128 valence electrons. The Labute approximate surface area is 146 Å². The Morgan fingerprint density at radius 1 is 1.20 bits per heavy atom. The van der Waals surface area contributed by atoms with E-state index in [1.54, 1.807) is 12.3 Å². The number of oxazole rings is 1. The molecule has 0 bridgehead atoms. The maximum atomic E-state index is 12.2. The highest BCUT2D eigenvalue weighted by Crippen LogP contribution is 2.21. The highest BCUT2D eigenvalue weighted by Gasteiger charge is 2.10. The van der Waals surface area contributed by atoms with E-state index in [4.69, 9.17) is 4.42 Å². The van der Waals surface area contributed by atoms with Crippen LogP contribution >= 0.6 is 0 Å². The molecular formula is C20H20N2O3. The molecule has 1 heterocycles. The predicted molar refractivity (Wildman–Crippen MR) is 96.0 cm³/mol. The number of rotatable bonds is 6. The Balaban J connectivity index is 1.59. The van der Waals surface area contributed by atoms with Crippen LogP contribution < -0.4 is 5.32 Å². The summed E-state index contributed by atoms with van der Waals surface area (Å²) in [5, 5.41) is 12.1. The van der Waals surface area contributed by atoms with Crippen LogP contribution in [-0.2, 0) is 17.8 Å². The van der Waals surface area contributed by atoms with E-state index >= 15 is 0 Å². The van der Waals surface area contributed by atoms with Gasteiger partial charge in [-0.25, -0.2) is 4.98 Å². The fraction of sp³-hybridized carbons (Fsp3) is 0.200. The Morgan fingerprint density at radius 3 is 2.76 bits per heavy atom. The van der Waals surface area contributed by atoms with E-state index in [9.17, 15) is 9.90 Å². The number of hydrogen-bond acceptors (Lipinski definition) is 4. The number of aliphatic hydroxyl groups is 1. The summed E-state index contributed by atoms with van der Waals surface area (Å²) < 4.78 is 5.71. The molecule has 0 atom stereocenters. The first-order chi connectivity index (χ1) is 12.2. The summed E-state index contributed by atoms with van der Waals surface area (Å²) in [7, 11) is 0. The average molecular weight is 336 g/mol. The molecule has 0 fully saturated rings. The molecule has 5 nitrogen and oxygen atoms in total. The van der Waals surface area contributed by atoms with Gasteiger partial charge in [-0.15, -0.1) is 0 Å². The summed E-state index contributed by atoms with van der Waals surface area (Å²) in [5.41, 5.74) is 3.39. The minimum atomic E-state index is -0.113. The van der Waals surface area contributed by atoms with Gasteiger partial charge < -0.3 is 14.8 Å². The second kappa shape index (κ2) is 7.77. The van der Waals surface area contributed by atoms with Crippen molar-refractivity contribution >= 4 is 11.6 Å². The molecule has 0 aliphatic heterocycles. The topological polar surface area (TPSA) is 75.4 Å². The van der Waals surface area contributed by atoms with Gasteiger partial charge in [-0.3, -0.25) is 4.79 Å². The molecule has 0 saturated heterocycles. The lowest BCUT2D eigenvalue weighted by Crippen LogP contribution is -2.13. The van der Waals surface area contributed by atoms with Crippen LogP contribution in [-0.4, -0.2) is 16.0 Å². The molecule has 5 heteroatoms. The van der Waals surface area contributed by atoms with Gasteiger partial charge in [0.2, 0.25) is 5.91 Å². The van der Waals surface area contributed by atoms with Gasteiger partial charge in [0.05, 0.1) is 12.8 Å². The Bertz CT molecular complexity index is 856. The number of amides is 1. The zero-order valence-electron chi connectivity index (χ0n) is 14.0. The summed E-state index contributed by atoms with van der Waals surface area (Å²) in [4.78, 5) is 16.4. The third kappa shape index (κ3) is 4.33. The van der Waals surface area contributed by atoms with Crippen molar-refractivity contribution in [3.63, 3.8) is 0 Å². The summed E-state index contributed by atoms with van der Waals surface area (Å²) in [5.74, 6) is 1.12. The first-order valence-electron chi connectivity index (χ1n) is 8.16. The van der Waals surface area contributed by atoms with Gasteiger partial charge in [-0.2, -0.15) is 0 Å². The van der Waals surface area contributed by atoms with Crippen LogP contribution in [0, 0.1) is 6.92 Å². The quantitative estimate of drug-likeness (QED) is 0.719. The van der Waals surface area contributed by atoms with E-state index < -0.39 is 0 Å². The number of carbonyl (C=O) groups excluding carboxylic acids is 1. The van der Waals surface area contributed by atoms with Crippen LogP contribution in [0.1, 0.15) is 23.4 Å². The monoisotopic (exact) mass is 336 g/mol. The van der Waals surface area contributed by atoms with Gasteiger partial charge in [-0.05, 0) is 24.1 Å². The summed E-state index contributed by atoms with van der Waals surface area (Å²) >= 11 is 0. The minimum Gasteiger partial charge on any atom is -0.441 e. The Hall–Kier alpha value is -2.92. The average Bonchev–Trinajstić information content (AvgIpc) is 3.12. The number of benzene rings is 2. The number of nitrogens with one attached hydrogen (secondary N) is 1. The van der Waals surface area contributed by atoms with Gasteiger partial charge in [-0.1, -0.05) is 42.5 Å². The van der Waals surface area contributed by atoms with Crippen LogP contribution in [0.4, 0.5) is 5.69 Å². The molecular weight excluding hydrogens is 316 g/mol. The predicted octanol–water partition coefficient (Wildman–Crippen LogP) is 3.71. The van der Waals surface area contributed by atoms with Gasteiger partial charge >= 0.3 is 0 Å². The first kappa shape index (κ1) is 16.9. The van der Waals surface area contributed by atoms with Crippen molar-refractivity contribution in [2.45, 2.75) is 26.4 Å². The zero-order valence-corrected chi connectivity index (χ0v) is 14.0. The van der Waals surface area contributed by atoms with Crippen LogP contribution in [0.15, 0.2) is 59.1 Å². The van der Waals surface area contributed by atoms with Crippen molar-refractivity contribution in [3.8, 4) is 11.3 Å². The molecule has 1 aromatic heterocycles. The summed E-state index contributed by atoms with van der Waals surface area (Å²) in [6, 6.07) is 15.2. The van der Waals surface area contributed by atoms with E-state index in [1.165, 1.54) is 0 Å². The normalized spacial score (nSPS) is 10.6. The number of hydrogen-bond donors (Lipinski definition) is 2. The maximum Gasteiger partial charge on any atom is 0.224 e. The van der Waals surface area contributed by atoms with E-state index in [1.807, 2.05) is 49.4 Å². The highest BCUT2D eigenvalue weighted by molar-refractivity contribution is 5.91. The van der Waals surface area contributed by atoms with Crippen LogP contribution in [0.25, 0.3) is 11.3 Å². The smallest absolute Gasteiger partial charge is 0.224 e. The number of anilines is 1. The number of aromatic nitrogens is 1. The number of aliphatic hydroxyl groups excluding tert-OH is 1. The molecule has 1 amide bonds. The Kier molecular flexibility index (Phi) is 5.26. The van der Waals surface area contributed by atoms with Crippen molar-refractivity contribution in [1.29, 1.82) is 0 Å². The van der Waals surface area contributed by atoms with Gasteiger partial charge in [0.25, 0.3) is 0 Å². The molecule has 0 unspecified atom stereocenters. The number of nitrogens with zero attached hydrogens (tertiary/aromatic N) is 1. The second-order valence-corrected chi connectivity index (χ2v) is 5.84. The van der Waals surface area contributed by atoms with Gasteiger partial charge in [0.15, 0.2) is 11.7 Å². The molecule has 25 heavy (non-hydrogen) atoms. The van der Waals surface area contributed by atoms with Crippen molar-refractivity contribution in [1.82, 2.24) is 4.98 Å². The Morgan fingerprint density at radius 2 is 2.00 bits per heavy atom. The fourth-order valence-corrected chi connectivity index (χ4v) is 2.50. The molecule has 2 N–H and O–H groups in total. The van der Waals surface area contributed by atoms with E-state index in [0.29, 0.717) is 23.8 Å². The third-order valence-corrected chi connectivity index (χ3v) is 3.94. The van der Waals surface area contributed by atoms with E-state index in [-0.39, 0.29) is 18.9 Å². The lowest BCUT2D eigenvalue weighted by molar-refractivity contribution is -0.116. The third-order valence-electron chi connectivity index (χ3n) is 3.94. The van der Waals surface area contributed by atoms with Crippen molar-refractivity contribution in [3.05, 3.63) is 71.7 Å². The summed E-state index contributed by atoms with van der Waals surface area (Å²) in [6.45, 7) is 1.86. The zero-order chi connectivity index (χ0) is 17.6. The maximum absolute atomic E-state index is 12.2. The largest absolute Gasteiger partial charge is 0.441 e. The van der Waals surface area contributed by atoms with Crippen molar-refractivity contribution < 1.29 is 14.3 Å². The molecule has 0 saturated carbocycles. The first-order valence-corrected chi connectivity index (χ1v) is 8.16. The second-order valence-electron chi connectivity index (χ2n) is 5.84. The fourth-order valence-electron chi connectivity index (χ4n) is 2.50. The van der Waals surface area contributed by atoms with Gasteiger partial charge in [0, 0.05) is 24.1 Å². The lowest BCUT2D eigenvalue weighted by atomic mass is 10.1. The SMILES string of the molecule is Cc1ccc(CO)cc1NC(=O)CCc1ncc(-c2ccccc2)o1. The standard InChI is InChI=1S/C20H20N2O3/c1-14-7-8-15(13-23)11-17(14)22-19(24)9-10-20-21-12-18(25-20)16-5-3-2-4-6-16/h2-8,11-12,23H,9-10,13H2,1H3,(H,22,24). The van der Waals surface area contributed by atoms with Crippen LogP contribution in [0.2, 0.25) is 0 Å². The van der Waals surface area contributed by atoms with Crippen molar-refractivity contribution in [2.75, 3.05) is 5.32 Å². The molecule has 3 aromatic rings. The minimum absolute atomic E-state index is 0.0538.